The summed E-state index contributed by atoms with van der Waals surface area (Å²) in [5.41, 5.74) is 6.49. The number of nitrogens with two attached hydrogens (primary N) is 1. The van der Waals surface area contributed by atoms with Crippen LogP contribution in [0.1, 0.15) is 52.4 Å². The summed E-state index contributed by atoms with van der Waals surface area (Å²) in [6.07, 6.45) is 7.35. The molecule has 0 aromatic heterocycles. The van der Waals surface area contributed by atoms with Crippen molar-refractivity contribution in [2.45, 2.75) is 57.9 Å². The van der Waals surface area contributed by atoms with E-state index in [9.17, 15) is 0 Å². The SMILES string of the molecule is CCOCCCC1(N)CCC(CC)C1. The van der Waals surface area contributed by atoms with E-state index < -0.39 is 0 Å². The molecule has 1 rings (SSSR count). The normalized spacial score (nSPS) is 32.4. The van der Waals surface area contributed by atoms with E-state index in [2.05, 4.69) is 6.92 Å². The van der Waals surface area contributed by atoms with E-state index in [0.29, 0.717) is 0 Å². The Balaban J connectivity index is 2.16. The molecule has 0 bridgehead atoms. The van der Waals surface area contributed by atoms with Gasteiger partial charge in [0.1, 0.15) is 0 Å². The molecule has 1 aliphatic carbocycles. The smallest absolute Gasteiger partial charge is 0.0466 e. The topological polar surface area (TPSA) is 35.2 Å². The number of hydrogen-bond donors (Lipinski definition) is 1. The Hall–Kier alpha value is -0.0800. The first-order chi connectivity index (χ1) is 6.70. The van der Waals surface area contributed by atoms with E-state index in [4.69, 9.17) is 10.5 Å². The van der Waals surface area contributed by atoms with Crippen molar-refractivity contribution in [1.29, 1.82) is 0 Å². The van der Waals surface area contributed by atoms with Gasteiger partial charge >= 0.3 is 0 Å². The zero-order valence-electron chi connectivity index (χ0n) is 9.72. The minimum Gasteiger partial charge on any atom is -0.382 e. The van der Waals surface area contributed by atoms with Gasteiger partial charge in [-0.3, -0.25) is 0 Å². The van der Waals surface area contributed by atoms with E-state index in [-0.39, 0.29) is 5.54 Å². The molecule has 0 heterocycles. The molecular weight excluding hydrogens is 174 g/mol. The van der Waals surface area contributed by atoms with Gasteiger partial charge in [0.05, 0.1) is 0 Å². The maximum atomic E-state index is 6.35. The van der Waals surface area contributed by atoms with Gasteiger partial charge in [0.15, 0.2) is 0 Å². The van der Waals surface area contributed by atoms with Crippen molar-refractivity contribution in [3.05, 3.63) is 0 Å². The van der Waals surface area contributed by atoms with Gasteiger partial charge in [-0.25, -0.2) is 0 Å². The summed E-state index contributed by atoms with van der Waals surface area (Å²) in [6.45, 7) is 6.03. The molecule has 0 aromatic rings. The largest absolute Gasteiger partial charge is 0.382 e. The Bertz CT molecular complexity index is 160. The summed E-state index contributed by atoms with van der Waals surface area (Å²) in [6, 6.07) is 0. The molecule has 0 amide bonds. The zero-order chi connectivity index (χ0) is 10.4. The van der Waals surface area contributed by atoms with Crippen LogP contribution in [0.15, 0.2) is 0 Å². The van der Waals surface area contributed by atoms with Crippen LogP contribution in [0.4, 0.5) is 0 Å². The number of rotatable bonds is 6. The van der Waals surface area contributed by atoms with E-state index in [1.165, 1.54) is 25.7 Å². The van der Waals surface area contributed by atoms with Crippen LogP contribution >= 0.6 is 0 Å². The Morgan fingerprint density at radius 2 is 2.21 bits per heavy atom. The van der Waals surface area contributed by atoms with Crippen LogP contribution in [0.2, 0.25) is 0 Å². The third-order valence-corrected chi connectivity index (χ3v) is 3.49. The molecule has 2 heteroatoms. The molecule has 0 radical (unpaired) electrons. The van der Waals surface area contributed by atoms with Crippen LogP contribution in [0, 0.1) is 5.92 Å². The summed E-state index contributed by atoms with van der Waals surface area (Å²) >= 11 is 0. The van der Waals surface area contributed by atoms with Crippen molar-refractivity contribution in [2.24, 2.45) is 11.7 Å². The molecule has 0 aromatic carbocycles. The third kappa shape index (κ3) is 3.58. The Morgan fingerprint density at radius 1 is 1.43 bits per heavy atom. The summed E-state index contributed by atoms with van der Waals surface area (Å²) in [4.78, 5) is 0. The second-order valence-corrected chi connectivity index (χ2v) is 4.68. The molecule has 1 fully saturated rings. The quantitative estimate of drug-likeness (QED) is 0.668. The molecule has 2 nitrogen and oxygen atoms in total. The van der Waals surface area contributed by atoms with E-state index >= 15 is 0 Å². The highest BCUT2D eigenvalue weighted by Crippen LogP contribution is 2.37. The zero-order valence-corrected chi connectivity index (χ0v) is 9.72. The molecule has 0 spiro atoms. The Kier molecular flexibility index (Phi) is 4.90. The lowest BCUT2D eigenvalue weighted by molar-refractivity contribution is 0.137. The molecule has 0 aliphatic heterocycles. The molecule has 2 atom stereocenters. The second-order valence-electron chi connectivity index (χ2n) is 4.68. The van der Waals surface area contributed by atoms with E-state index in [0.717, 1.165) is 32.0 Å². The maximum absolute atomic E-state index is 6.35. The van der Waals surface area contributed by atoms with Gasteiger partial charge in [-0.05, 0) is 44.9 Å². The number of ether oxygens (including phenoxy) is 1. The van der Waals surface area contributed by atoms with Gasteiger partial charge in [0.2, 0.25) is 0 Å². The van der Waals surface area contributed by atoms with Crippen molar-refractivity contribution >= 4 is 0 Å². The van der Waals surface area contributed by atoms with Crippen LogP contribution in [0.5, 0.6) is 0 Å². The van der Waals surface area contributed by atoms with Gasteiger partial charge in [-0.15, -0.1) is 0 Å². The standard InChI is InChI=1S/C12H25NO/c1-3-11-6-8-12(13,10-11)7-5-9-14-4-2/h11H,3-10,13H2,1-2H3. The van der Waals surface area contributed by atoms with Gasteiger partial charge in [-0.2, -0.15) is 0 Å². The average Bonchev–Trinajstić information content (AvgIpc) is 2.56. The van der Waals surface area contributed by atoms with Crippen LogP contribution < -0.4 is 5.73 Å². The van der Waals surface area contributed by atoms with Crippen LogP contribution in [-0.4, -0.2) is 18.8 Å². The van der Waals surface area contributed by atoms with Crippen molar-refractivity contribution in [3.63, 3.8) is 0 Å². The lowest BCUT2D eigenvalue weighted by atomic mass is 9.91. The summed E-state index contributed by atoms with van der Waals surface area (Å²) in [5.74, 6) is 0.882. The number of hydrogen-bond acceptors (Lipinski definition) is 2. The highest BCUT2D eigenvalue weighted by Gasteiger charge is 2.33. The fourth-order valence-corrected chi connectivity index (χ4v) is 2.52. The predicted octanol–water partition coefficient (Wildman–Crippen LogP) is 2.71. The lowest BCUT2D eigenvalue weighted by Gasteiger charge is -2.24. The molecule has 84 valence electrons. The van der Waals surface area contributed by atoms with E-state index in [1.54, 1.807) is 0 Å². The van der Waals surface area contributed by atoms with Gasteiger partial charge in [-0.1, -0.05) is 13.3 Å². The van der Waals surface area contributed by atoms with Crippen molar-refractivity contribution in [3.8, 4) is 0 Å². The summed E-state index contributed by atoms with van der Waals surface area (Å²) in [5, 5.41) is 0. The Labute approximate surface area is 88.2 Å². The van der Waals surface area contributed by atoms with Gasteiger partial charge in [0, 0.05) is 18.8 Å². The molecular formula is C12H25NO. The molecule has 1 saturated carbocycles. The first kappa shape index (κ1) is 12.0. The Morgan fingerprint density at radius 3 is 2.79 bits per heavy atom. The van der Waals surface area contributed by atoms with Crippen molar-refractivity contribution < 1.29 is 4.74 Å². The predicted molar refractivity (Wildman–Crippen MR) is 60.3 cm³/mol. The highest BCUT2D eigenvalue weighted by atomic mass is 16.5. The van der Waals surface area contributed by atoms with Gasteiger partial charge in [0.25, 0.3) is 0 Å². The minimum atomic E-state index is 0.137. The monoisotopic (exact) mass is 199 g/mol. The average molecular weight is 199 g/mol. The third-order valence-electron chi connectivity index (χ3n) is 3.49. The maximum Gasteiger partial charge on any atom is 0.0466 e. The van der Waals surface area contributed by atoms with Gasteiger partial charge < -0.3 is 10.5 Å². The van der Waals surface area contributed by atoms with E-state index in [1.807, 2.05) is 6.92 Å². The molecule has 14 heavy (non-hydrogen) atoms. The van der Waals surface area contributed by atoms with Crippen LogP contribution in [0.25, 0.3) is 0 Å². The fraction of sp³-hybridized carbons (Fsp3) is 1.00. The molecule has 1 aliphatic rings. The second kappa shape index (κ2) is 5.72. The highest BCUT2D eigenvalue weighted by molar-refractivity contribution is 4.92. The van der Waals surface area contributed by atoms with Crippen molar-refractivity contribution in [2.75, 3.05) is 13.2 Å². The van der Waals surface area contributed by atoms with Crippen LogP contribution in [0.3, 0.4) is 0 Å². The minimum absolute atomic E-state index is 0.137. The van der Waals surface area contributed by atoms with Crippen LogP contribution in [-0.2, 0) is 4.74 Å². The first-order valence-electron chi connectivity index (χ1n) is 6.07. The molecule has 0 saturated heterocycles. The molecule has 2 unspecified atom stereocenters. The fourth-order valence-electron chi connectivity index (χ4n) is 2.52. The summed E-state index contributed by atoms with van der Waals surface area (Å²) < 4.78 is 5.34. The molecule has 2 N–H and O–H groups in total. The first-order valence-corrected chi connectivity index (χ1v) is 6.07. The lowest BCUT2D eigenvalue weighted by Crippen LogP contribution is -2.37. The summed E-state index contributed by atoms with van der Waals surface area (Å²) in [7, 11) is 0. The van der Waals surface area contributed by atoms with Crippen molar-refractivity contribution in [1.82, 2.24) is 0 Å².